The van der Waals surface area contributed by atoms with Crippen LogP contribution < -0.4 is 0 Å². The Labute approximate surface area is 445 Å². The topological polar surface area (TPSA) is 78.9 Å². The summed E-state index contributed by atoms with van der Waals surface area (Å²) in [5.41, 5.74) is 0. The fraction of sp³-hybridized carbons (Fsp3) is 0.742. The van der Waals surface area contributed by atoms with Crippen LogP contribution in [0.2, 0.25) is 0 Å². The van der Waals surface area contributed by atoms with Crippen LogP contribution in [0.5, 0.6) is 0 Å². The largest absolute Gasteiger partial charge is 0.462 e. The summed E-state index contributed by atoms with van der Waals surface area (Å²) in [6.07, 6.45) is 78.8. The molecule has 0 aromatic rings. The molecule has 0 rings (SSSR count). The van der Waals surface area contributed by atoms with Crippen molar-refractivity contribution < 1.29 is 28.6 Å². The number of carbonyl (C=O) groups is 3. The Bertz CT molecular complexity index is 1380. The van der Waals surface area contributed by atoms with Crippen LogP contribution in [-0.4, -0.2) is 37.2 Å². The minimum Gasteiger partial charge on any atom is -0.462 e. The monoisotopic (exact) mass is 1000 g/mol. The van der Waals surface area contributed by atoms with Crippen LogP contribution in [0.4, 0.5) is 0 Å². The van der Waals surface area contributed by atoms with E-state index in [0.717, 1.165) is 83.5 Å². The highest BCUT2D eigenvalue weighted by Crippen LogP contribution is 2.16. The van der Waals surface area contributed by atoms with Crippen molar-refractivity contribution in [3.05, 3.63) is 85.1 Å². The number of rotatable bonds is 55. The quantitative estimate of drug-likeness (QED) is 0.0261. The van der Waals surface area contributed by atoms with Gasteiger partial charge in [0.2, 0.25) is 0 Å². The Kier molecular flexibility index (Phi) is 57.3. The molecule has 0 bridgehead atoms. The van der Waals surface area contributed by atoms with E-state index in [-0.39, 0.29) is 37.5 Å². The van der Waals surface area contributed by atoms with E-state index in [1.165, 1.54) is 167 Å². The van der Waals surface area contributed by atoms with Gasteiger partial charge in [0, 0.05) is 19.3 Å². The highest BCUT2D eigenvalue weighted by Gasteiger charge is 2.19. The Hall–Kier alpha value is -3.41. The molecule has 0 aliphatic carbocycles. The van der Waals surface area contributed by atoms with Crippen LogP contribution in [0.3, 0.4) is 0 Å². The van der Waals surface area contributed by atoms with Gasteiger partial charge in [0.1, 0.15) is 13.2 Å². The molecule has 1 unspecified atom stereocenters. The highest BCUT2D eigenvalue weighted by molar-refractivity contribution is 5.71. The first kappa shape index (κ1) is 68.6. The number of esters is 3. The molecule has 0 aliphatic heterocycles. The molecule has 0 saturated heterocycles. The van der Waals surface area contributed by atoms with E-state index in [0.29, 0.717) is 19.3 Å². The number of allylic oxidation sites excluding steroid dienone is 14. The lowest BCUT2D eigenvalue weighted by molar-refractivity contribution is -0.166. The first-order valence-corrected chi connectivity index (χ1v) is 30.6. The third kappa shape index (κ3) is 57.5. The molecule has 0 saturated carbocycles. The number of carbonyl (C=O) groups excluding carboxylic acids is 3. The number of unbranched alkanes of at least 4 members (excludes halogenated alkanes) is 30. The molecule has 72 heavy (non-hydrogen) atoms. The van der Waals surface area contributed by atoms with Gasteiger partial charge in [-0.3, -0.25) is 14.4 Å². The third-order valence-electron chi connectivity index (χ3n) is 13.1. The van der Waals surface area contributed by atoms with E-state index in [2.05, 4.69) is 99.8 Å². The van der Waals surface area contributed by atoms with E-state index in [1.807, 2.05) is 6.08 Å². The highest BCUT2D eigenvalue weighted by atomic mass is 16.6. The van der Waals surface area contributed by atoms with Crippen molar-refractivity contribution in [1.82, 2.24) is 0 Å². The van der Waals surface area contributed by atoms with E-state index in [4.69, 9.17) is 14.2 Å². The SMILES string of the molecule is CC/C=C\C/C=C\C/C=C\C/C=C\CCC(=O)OCC(COC(=O)CCCCCCCCCC/C=C\C/C=C\C/C=C\CCCCCCC)OC(=O)CCCCCCCCCCCCCCCCCCCC. The maximum Gasteiger partial charge on any atom is 0.306 e. The summed E-state index contributed by atoms with van der Waals surface area (Å²) in [6, 6.07) is 0. The number of ether oxygens (including phenoxy) is 3. The lowest BCUT2D eigenvalue weighted by Crippen LogP contribution is -2.30. The predicted octanol–water partition coefficient (Wildman–Crippen LogP) is 20.7. The van der Waals surface area contributed by atoms with Crippen LogP contribution in [0.15, 0.2) is 85.1 Å². The van der Waals surface area contributed by atoms with Crippen molar-refractivity contribution in [3.8, 4) is 0 Å². The van der Waals surface area contributed by atoms with E-state index < -0.39 is 6.10 Å². The lowest BCUT2D eigenvalue weighted by Gasteiger charge is -2.18. The molecule has 0 heterocycles. The maximum absolute atomic E-state index is 12.9. The van der Waals surface area contributed by atoms with E-state index in [1.54, 1.807) is 0 Å². The van der Waals surface area contributed by atoms with Crippen LogP contribution >= 0.6 is 0 Å². The van der Waals surface area contributed by atoms with Gasteiger partial charge in [-0.15, -0.1) is 0 Å². The van der Waals surface area contributed by atoms with Crippen LogP contribution in [-0.2, 0) is 28.6 Å². The molecule has 0 radical (unpaired) electrons. The summed E-state index contributed by atoms with van der Waals surface area (Å²) in [5.74, 6) is -0.981. The second-order valence-corrected chi connectivity index (χ2v) is 20.2. The fourth-order valence-corrected chi connectivity index (χ4v) is 8.58. The van der Waals surface area contributed by atoms with Gasteiger partial charge in [0.05, 0.1) is 0 Å². The molecule has 0 fully saturated rings. The standard InChI is InChI=1S/C66H114O6/c1-4-7-10-13-16-19-22-25-27-29-31-32-33-34-35-37-38-41-44-47-50-53-56-59-65(68)71-62-63(61-70-64(67)58-55-52-49-46-43-40-24-21-18-15-12-9-6-3)72-66(69)60-57-54-51-48-45-42-39-36-30-28-26-23-20-17-14-11-8-5-2/h9,12,18,21-22,25,29,31,33-34,40,43,49,52,63H,4-8,10-11,13-17,19-20,23-24,26-28,30,32,35-39,41-42,44-48,50-51,53-62H2,1-3H3/b12-9-,21-18-,25-22-,31-29-,34-33-,43-40-,52-49-. The second kappa shape index (κ2) is 60.1. The predicted molar refractivity (Wildman–Crippen MR) is 311 cm³/mol. The van der Waals surface area contributed by atoms with Crippen LogP contribution in [0, 0.1) is 0 Å². The van der Waals surface area contributed by atoms with Gasteiger partial charge < -0.3 is 14.2 Å². The molecule has 0 amide bonds. The first-order chi connectivity index (χ1) is 35.5. The molecular weight excluding hydrogens is 889 g/mol. The second-order valence-electron chi connectivity index (χ2n) is 20.2. The first-order valence-electron chi connectivity index (χ1n) is 30.6. The minimum atomic E-state index is -0.808. The number of hydrogen-bond acceptors (Lipinski definition) is 6. The number of hydrogen-bond donors (Lipinski definition) is 0. The Morgan fingerprint density at radius 3 is 0.931 bits per heavy atom. The third-order valence-corrected chi connectivity index (χ3v) is 13.1. The van der Waals surface area contributed by atoms with Crippen molar-refractivity contribution in [1.29, 1.82) is 0 Å². The fourth-order valence-electron chi connectivity index (χ4n) is 8.58. The normalized spacial score (nSPS) is 12.7. The summed E-state index contributed by atoms with van der Waals surface area (Å²) in [4.78, 5) is 38.2. The van der Waals surface area contributed by atoms with Crippen LogP contribution in [0.25, 0.3) is 0 Å². The van der Waals surface area contributed by atoms with Crippen molar-refractivity contribution in [3.63, 3.8) is 0 Å². The van der Waals surface area contributed by atoms with Gasteiger partial charge in [-0.2, -0.15) is 0 Å². The van der Waals surface area contributed by atoms with E-state index in [9.17, 15) is 14.4 Å². The van der Waals surface area contributed by atoms with Crippen molar-refractivity contribution >= 4 is 17.9 Å². The molecule has 414 valence electrons. The van der Waals surface area contributed by atoms with Gasteiger partial charge in [-0.1, -0.05) is 279 Å². The van der Waals surface area contributed by atoms with Gasteiger partial charge >= 0.3 is 17.9 Å². The van der Waals surface area contributed by atoms with Crippen molar-refractivity contribution in [2.24, 2.45) is 0 Å². The zero-order chi connectivity index (χ0) is 52.2. The molecule has 0 aliphatic rings. The summed E-state index contributed by atoms with van der Waals surface area (Å²) < 4.78 is 16.8. The Balaban J connectivity index is 4.38. The molecule has 0 spiro atoms. The Morgan fingerprint density at radius 1 is 0.292 bits per heavy atom. The molecule has 0 aromatic carbocycles. The average molecular weight is 1000 g/mol. The van der Waals surface area contributed by atoms with Gasteiger partial charge in [-0.05, 0) is 83.5 Å². The van der Waals surface area contributed by atoms with E-state index >= 15 is 0 Å². The lowest BCUT2D eigenvalue weighted by atomic mass is 10.0. The smallest absolute Gasteiger partial charge is 0.306 e. The van der Waals surface area contributed by atoms with Gasteiger partial charge in [0.25, 0.3) is 0 Å². The molecule has 1 atom stereocenters. The zero-order valence-corrected chi connectivity index (χ0v) is 47.4. The summed E-state index contributed by atoms with van der Waals surface area (Å²) in [5, 5.41) is 0. The summed E-state index contributed by atoms with van der Waals surface area (Å²) >= 11 is 0. The summed E-state index contributed by atoms with van der Waals surface area (Å²) in [6.45, 7) is 6.47. The van der Waals surface area contributed by atoms with Crippen molar-refractivity contribution in [2.45, 2.75) is 303 Å². The summed E-state index contributed by atoms with van der Waals surface area (Å²) in [7, 11) is 0. The molecular formula is C66H114O6. The molecule has 6 nitrogen and oxygen atoms in total. The average Bonchev–Trinajstić information content (AvgIpc) is 3.38. The Morgan fingerprint density at radius 2 is 0.569 bits per heavy atom. The maximum atomic E-state index is 12.9. The van der Waals surface area contributed by atoms with Gasteiger partial charge in [0.15, 0.2) is 6.10 Å². The van der Waals surface area contributed by atoms with Gasteiger partial charge in [-0.25, -0.2) is 0 Å². The molecule has 0 N–H and O–H groups in total. The minimum absolute atomic E-state index is 0.101. The van der Waals surface area contributed by atoms with Crippen molar-refractivity contribution in [2.75, 3.05) is 13.2 Å². The zero-order valence-electron chi connectivity index (χ0n) is 47.4. The van der Waals surface area contributed by atoms with Crippen LogP contribution in [0.1, 0.15) is 297 Å². The molecule has 6 heteroatoms. The molecule has 0 aromatic heterocycles.